The van der Waals surface area contributed by atoms with Crippen molar-refractivity contribution in [3.63, 3.8) is 0 Å². The summed E-state index contributed by atoms with van der Waals surface area (Å²) in [5, 5.41) is 7.15. The maximum absolute atomic E-state index is 12.9. The van der Waals surface area contributed by atoms with E-state index in [2.05, 4.69) is 72.6 Å². The van der Waals surface area contributed by atoms with Gasteiger partial charge in [-0.15, -0.1) is 0 Å². The minimum atomic E-state index is -0.155. The molecule has 7 nitrogen and oxygen atoms in total. The van der Waals surface area contributed by atoms with Gasteiger partial charge in [0.1, 0.15) is 0 Å². The first-order valence-corrected chi connectivity index (χ1v) is 13.1. The molecule has 1 saturated heterocycles. The normalized spacial score (nSPS) is 16.8. The Bertz CT molecular complexity index is 1420. The number of thiocarbonyl (C=S) groups is 1. The molecule has 3 heterocycles. The van der Waals surface area contributed by atoms with Crippen molar-refractivity contribution in [2.45, 2.75) is 25.4 Å². The van der Waals surface area contributed by atoms with Gasteiger partial charge in [-0.3, -0.25) is 9.78 Å². The van der Waals surface area contributed by atoms with Gasteiger partial charge in [-0.05, 0) is 79.3 Å². The Kier molecular flexibility index (Phi) is 7.42. The van der Waals surface area contributed by atoms with E-state index in [1.165, 1.54) is 0 Å². The topological polar surface area (TPSA) is 65.4 Å². The molecule has 2 aromatic carbocycles. The summed E-state index contributed by atoms with van der Waals surface area (Å²) in [5.74, 6) is -0.0446. The number of carbonyl (C=O) groups excluding carboxylic acids is 1. The fraction of sp³-hybridized carbons (Fsp3) is 0.233. The van der Waals surface area contributed by atoms with Crippen molar-refractivity contribution in [2.24, 2.45) is 0 Å². The van der Waals surface area contributed by atoms with Crippen LogP contribution in [0.4, 0.5) is 11.4 Å². The molecule has 1 amide bonds. The van der Waals surface area contributed by atoms with E-state index in [9.17, 15) is 4.79 Å². The molecule has 0 spiro atoms. The van der Waals surface area contributed by atoms with E-state index in [-0.39, 0.29) is 18.0 Å². The van der Waals surface area contributed by atoms with Gasteiger partial charge in [0.25, 0.3) is 0 Å². The first-order chi connectivity index (χ1) is 18.4. The van der Waals surface area contributed by atoms with Crippen LogP contribution < -0.4 is 15.5 Å². The fourth-order valence-corrected chi connectivity index (χ4v) is 5.23. The van der Waals surface area contributed by atoms with Gasteiger partial charge in [0.15, 0.2) is 5.11 Å². The molecule has 2 aromatic heterocycles. The first-order valence-electron chi connectivity index (χ1n) is 12.7. The highest BCUT2D eigenvalue weighted by Gasteiger charge is 2.41. The zero-order chi connectivity index (χ0) is 26.6. The molecular formula is C30H32N6OS. The van der Waals surface area contributed by atoms with E-state index in [4.69, 9.17) is 12.2 Å². The van der Waals surface area contributed by atoms with Crippen LogP contribution in [0.1, 0.15) is 35.5 Å². The van der Waals surface area contributed by atoms with Crippen LogP contribution in [0.5, 0.6) is 0 Å². The van der Waals surface area contributed by atoms with Crippen LogP contribution in [-0.2, 0) is 4.79 Å². The van der Waals surface area contributed by atoms with Gasteiger partial charge in [-0.1, -0.05) is 24.3 Å². The maximum Gasteiger partial charge on any atom is 0.226 e. The summed E-state index contributed by atoms with van der Waals surface area (Å²) >= 11 is 5.82. The summed E-state index contributed by atoms with van der Waals surface area (Å²) in [6.45, 7) is 2.46. The summed E-state index contributed by atoms with van der Waals surface area (Å²) in [4.78, 5) is 21.8. The number of carbonyl (C=O) groups is 1. The number of hydrogen-bond acceptors (Lipinski definition) is 4. The summed E-state index contributed by atoms with van der Waals surface area (Å²) in [6.07, 6.45) is 4.17. The Morgan fingerprint density at radius 3 is 2.50 bits per heavy atom. The van der Waals surface area contributed by atoms with Gasteiger partial charge in [0, 0.05) is 62.2 Å². The lowest BCUT2D eigenvalue weighted by molar-refractivity contribution is -0.116. The standard InChI is InChI=1S/C30H32N6OS/c1-21-9-4-5-10-24(21)32-27(37)17-20-36-29(28(33-30(36)38)25-11-6-7-18-31-25)26-12-8-19-35(26)23-15-13-22(14-16-23)34(2)3/h4-16,18-19,28-29H,17,20H2,1-3H3,(H,32,37)(H,33,38). The summed E-state index contributed by atoms with van der Waals surface area (Å²) in [7, 11) is 4.07. The predicted molar refractivity (Wildman–Crippen MR) is 157 cm³/mol. The van der Waals surface area contributed by atoms with Gasteiger partial charge < -0.3 is 25.0 Å². The molecule has 5 rings (SSSR count). The van der Waals surface area contributed by atoms with Crippen molar-refractivity contribution in [3.05, 3.63) is 108 Å². The van der Waals surface area contributed by atoms with E-state index >= 15 is 0 Å². The lowest BCUT2D eigenvalue weighted by Crippen LogP contribution is -2.33. The maximum atomic E-state index is 12.9. The van der Waals surface area contributed by atoms with Crippen molar-refractivity contribution in [1.29, 1.82) is 0 Å². The number of para-hydroxylation sites is 1. The minimum Gasteiger partial charge on any atom is -0.378 e. The zero-order valence-corrected chi connectivity index (χ0v) is 22.7. The molecule has 2 atom stereocenters. The second-order valence-corrected chi connectivity index (χ2v) is 10.0. The van der Waals surface area contributed by atoms with Gasteiger partial charge in [-0.25, -0.2) is 0 Å². The third-order valence-electron chi connectivity index (χ3n) is 6.92. The fourth-order valence-electron chi connectivity index (χ4n) is 4.90. The van der Waals surface area contributed by atoms with E-state index in [1.54, 1.807) is 6.20 Å². The Hall–Kier alpha value is -4.17. The quantitative estimate of drug-likeness (QED) is 0.307. The Balaban J connectivity index is 1.44. The highest BCUT2D eigenvalue weighted by molar-refractivity contribution is 7.80. The van der Waals surface area contributed by atoms with Crippen molar-refractivity contribution in [1.82, 2.24) is 19.8 Å². The molecule has 0 bridgehead atoms. The second-order valence-electron chi connectivity index (χ2n) is 9.65. The molecule has 194 valence electrons. The summed E-state index contributed by atoms with van der Waals surface area (Å²) in [6, 6.07) is 26.0. The molecule has 8 heteroatoms. The van der Waals surface area contributed by atoms with Crippen molar-refractivity contribution in [3.8, 4) is 5.69 Å². The van der Waals surface area contributed by atoms with Crippen molar-refractivity contribution in [2.75, 3.05) is 30.9 Å². The molecule has 2 N–H and O–H groups in total. The number of nitrogens with one attached hydrogen (secondary N) is 2. The number of rotatable bonds is 8. The molecule has 0 radical (unpaired) electrons. The van der Waals surface area contributed by atoms with E-state index in [1.807, 2.05) is 63.5 Å². The molecular weight excluding hydrogens is 492 g/mol. The second kappa shape index (κ2) is 11.1. The molecule has 0 aliphatic carbocycles. The Labute approximate surface area is 229 Å². The van der Waals surface area contributed by atoms with Gasteiger partial charge in [-0.2, -0.15) is 0 Å². The molecule has 38 heavy (non-hydrogen) atoms. The summed E-state index contributed by atoms with van der Waals surface area (Å²) in [5.41, 5.74) is 6.04. The van der Waals surface area contributed by atoms with Crippen LogP contribution in [-0.4, -0.2) is 46.1 Å². The van der Waals surface area contributed by atoms with E-state index < -0.39 is 0 Å². The lowest BCUT2D eigenvalue weighted by atomic mass is 10.0. The number of benzene rings is 2. The van der Waals surface area contributed by atoms with Crippen LogP contribution >= 0.6 is 12.2 Å². The lowest BCUT2D eigenvalue weighted by Gasteiger charge is -2.29. The number of anilines is 2. The van der Waals surface area contributed by atoms with Crippen LogP contribution in [0.3, 0.4) is 0 Å². The van der Waals surface area contributed by atoms with Crippen molar-refractivity contribution < 1.29 is 4.79 Å². The van der Waals surface area contributed by atoms with Gasteiger partial charge in [0.05, 0.1) is 17.8 Å². The zero-order valence-electron chi connectivity index (χ0n) is 21.8. The predicted octanol–water partition coefficient (Wildman–Crippen LogP) is 5.25. The van der Waals surface area contributed by atoms with Crippen molar-refractivity contribution >= 4 is 34.6 Å². The van der Waals surface area contributed by atoms with Crippen LogP contribution in [0.15, 0.2) is 91.3 Å². The van der Waals surface area contributed by atoms with E-state index in [0.717, 1.165) is 34.0 Å². The monoisotopic (exact) mass is 524 g/mol. The number of amides is 1. The highest BCUT2D eigenvalue weighted by Crippen LogP contribution is 2.39. The molecule has 4 aromatic rings. The molecule has 2 unspecified atom stereocenters. The summed E-state index contributed by atoms with van der Waals surface area (Å²) < 4.78 is 2.19. The number of nitrogens with zero attached hydrogens (tertiary/aromatic N) is 4. The smallest absolute Gasteiger partial charge is 0.226 e. The third kappa shape index (κ3) is 5.26. The van der Waals surface area contributed by atoms with Crippen LogP contribution in [0.2, 0.25) is 0 Å². The first kappa shape index (κ1) is 25.5. The Morgan fingerprint density at radius 1 is 1.03 bits per heavy atom. The molecule has 1 aliphatic rings. The van der Waals surface area contributed by atoms with E-state index in [0.29, 0.717) is 18.1 Å². The number of pyridine rings is 1. The molecule has 0 saturated carbocycles. The Morgan fingerprint density at radius 2 is 1.79 bits per heavy atom. The number of hydrogen-bond donors (Lipinski definition) is 2. The largest absolute Gasteiger partial charge is 0.378 e. The number of aromatic nitrogens is 2. The van der Waals surface area contributed by atoms with Gasteiger partial charge in [0.2, 0.25) is 5.91 Å². The molecule has 1 aliphatic heterocycles. The average Bonchev–Trinajstić information content (AvgIpc) is 3.53. The average molecular weight is 525 g/mol. The van der Waals surface area contributed by atoms with Gasteiger partial charge >= 0.3 is 0 Å². The third-order valence-corrected chi connectivity index (χ3v) is 7.28. The SMILES string of the molecule is Cc1ccccc1NC(=O)CCN1C(=S)NC(c2ccccn2)C1c1cccn1-c1ccc(N(C)C)cc1. The molecule has 1 fully saturated rings. The van der Waals surface area contributed by atoms with Crippen LogP contribution in [0, 0.1) is 6.92 Å². The minimum absolute atomic E-state index is 0.0446. The van der Waals surface area contributed by atoms with Crippen LogP contribution in [0.25, 0.3) is 5.69 Å². The number of aryl methyl sites for hydroxylation is 1. The highest BCUT2D eigenvalue weighted by atomic mass is 32.1.